The normalized spacial score (nSPS) is 18.8. The molecule has 0 spiro atoms. The molecule has 1 aliphatic rings. The third-order valence-electron chi connectivity index (χ3n) is 2.87. The Labute approximate surface area is 97.7 Å². The van der Waals surface area contributed by atoms with E-state index in [0.29, 0.717) is 5.82 Å². The van der Waals surface area contributed by atoms with Gasteiger partial charge in [0.1, 0.15) is 18.0 Å². The summed E-state index contributed by atoms with van der Waals surface area (Å²) in [5.74, 6) is 1.11. The molecule has 0 saturated heterocycles. The van der Waals surface area contributed by atoms with Gasteiger partial charge in [-0.2, -0.15) is 9.49 Å². The van der Waals surface area contributed by atoms with Crippen LogP contribution in [0.1, 0.15) is 12.2 Å². The van der Waals surface area contributed by atoms with E-state index < -0.39 is 5.95 Å². The van der Waals surface area contributed by atoms with Gasteiger partial charge >= 0.3 is 0 Å². The predicted octanol–water partition coefficient (Wildman–Crippen LogP) is 1.24. The lowest BCUT2D eigenvalue weighted by molar-refractivity contribution is 0.440. The molecule has 17 heavy (non-hydrogen) atoms. The lowest BCUT2D eigenvalue weighted by atomic mass is 10.1. The molecule has 0 amide bonds. The van der Waals surface area contributed by atoms with Crippen molar-refractivity contribution < 1.29 is 4.39 Å². The van der Waals surface area contributed by atoms with E-state index in [1.165, 1.54) is 6.07 Å². The van der Waals surface area contributed by atoms with Gasteiger partial charge in [-0.1, -0.05) is 6.07 Å². The smallest absolute Gasteiger partial charge is 0.214 e. The van der Waals surface area contributed by atoms with E-state index in [-0.39, 0.29) is 6.04 Å². The standard InChI is InChI=1S/C11H12FN5/c12-9-2-1-3-10(16-9)15-8-4-5-11-13-7-14-17(11)6-8/h1-3,7-8H,4-6H2,(H,15,16). The number of aryl methyl sites for hydroxylation is 1. The average molecular weight is 233 g/mol. The summed E-state index contributed by atoms with van der Waals surface area (Å²) in [5.41, 5.74) is 0. The first kappa shape index (κ1) is 10.2. The predicted molar refractivity (Wildman–Crippen MR) is 59.9 cm³/mol. The van der Waals surface area contributed by atoms with Gasteiger partial charge in [0.15, 0.2) is 0 Å². The highest BCUT2D eigenvalue weighted by atomic mass is 19.1. The average Bonchev–Trinajstić information content (AvgIpc) is 2.76. The van der Waals surface area contributed by atoms with E-state index in [2.05, 4.69) is 20.4 Å². The fraction of sp³-hybridized carbons (Fsp3) is 0.364. The van der Waals surface area contributed by atoms with Crippen molar-refractivity contribution in [3.63, 3.8) is 0 Å². The Balaban J connectivity index is 1.72. The van der Waals surface area contributed by atoms with E-state index in [4.69, 9.17) is 0 Å². The lowest BCUT2D eigenvalue weighted by Gasteiger charge is -2.23. The van der Waals surface area contributed by atoms with Crippen LogP contribution < -0.4 is 5.32 Å². The summed E-state index contributed by atoms with van der Waals surface area (Å²) in [6.07, 6.45) is 3.40. The molecule has 1 unspecified atom stereocenters. The number of pyridine rings is 1. The van der Waals surface area contributed by atoms with Crippen LogP contribution in [-0.2, 0) is 13.0 Å². The van der Waals surface area contributed by atoms with E-state index in [0.717, 1.165) is 25.2 Å². The highest BCUT2D eigenvalue weighted by Gasteiger charge is 2.19. The first-order valence-electron chi connectivity index (χ1n) is 5.57. The molecule has 0 saturated carbocycles. The Hall–Kier alpha value is -1.98. The monoisotopic (exact) mass is 233 g/mol. The molecule has 6 heteroatoms. The fourth-order valence-electron chi connectivity index (χ4n) is 2.05. The van der Waals surface area contributed by atoms with E-state index in [1.54, 1.807) is 18.5 Å². The van der Waals surface area contributed by atoms with Crippen molar-refractivity contribution in [2.45, 2.75) is 25.4 Å². The van der Waals surface area contributed by atoms with Crippen molar-refractivity contribution in [1.82, 2.24) is 19.7 Å². The van der Waals surface area contributed by atoms with Gasteiger partial charge in [-0.05, 0) is 18.6 Å². The molecule has 3 heterocycles. The summed E-state index contributed by atoms with van der Waals surface area (Å²) in [7, 11) is 0. The van der Waals surface area contributed by atoms with Crippen LogP contribution in [0, 0.1) is 5.95 Å². The number of anilines is 1. The summed E-state index contributed by atoms with van der Waals surface area (Å²) in [6, 6.07) is 4.97. The molecule has 0 radical (unpaired) electrons. The van der Waals surface area contributed by atoms with E-state index in [9.17, 15) is 4.39 Å². The number of halogens is 1. The highest BCUT2D eigenvalue weighted by molar-refractivity contribution is 5.35. The summed E-state index contributed by atoms with van der Waals surface area (Å²) in [6.45, 7) is 0.744. The quantitative estimate of drug-likeness (QED) is 0.793. The van der Waals surface area contributed by atoms with Crippen LogP contribution >= 0.6 is 0 Å². The summed E-state index contributed by atoms with van der Waals surface area (Å²) in [4.78, 5) is 7.95. The lowest BCUT2D eigenvalue weighted by Crippen LogP contribution is -2.32. The molecular formula is C11H12FN5. The minimum Gasteiger partial charge on any atom is -0.365 e. The Morgan fingerprint density at radius 3 is 3.24 bits per heavy atom. The number of rotatable bonds is 2. The highest BCUT2D eigenvalue weighted by Crippen LogP contribution is 2.15. The number of nitrogens with zero attached hydrogens (tertiary/aromatic N) is 4. The number of hydrogen-bond acceptors (Lipinski definition) is 4. The first-order chi connectivity index (χ1) is 8.31. The maximum atomic E-state index is 12.9. The third kappa shape index (κ3) is 2.11. The number of aromatic nitrogens is 4. The van der Waals surface area contributed by atoms with Crippen LogP contribution in [-0.4, -0.2) is 25.8 Å². The Morgan fingerprint density at radius 2 is 2.35 bits per heavy atom. The molecule has 1 N–H and O–H groups in total. The Morgan fingerprint density at radius 1 is 1.41 bits per heavy atom. The SMILES string of the molecule is Fc1cccc(NC2CCc3ncnn3C2)n1. The zero-order valence-electron chi connectivity index (χ0n) is 9.17. The number of hydrogen-bond donors (Lipinski definition) is 1. The molecule has 3 rings (SSSR count). The summed E-state index contributed by atoms with van der Waals surface area (Å²) in [5, 5.41) is 7.35. The minimum atomic E-state index is -0.466. The van der Waals surface area contributed by atoms with Gasteiger partial charge in [0.05, 0.1) is 6.54 Å². The molecule has 88 valence electrons. The van der Waals surface area contributed by atoms with Crippen LogP contribution in [0.5, 0.6) is 0 Å². The van der Waals surface area contributed by atoms with Gasteiger partial charge in [-0.25, -0.2) is 14.6 Å². The zero-order chi connectivity index (χ0) is 11.7. The van der Waals surface area contributed by atoms with Crippen molar-refractivity contribution in [3.8, 4) is 0 Å². The maximum absolute atomic E-state index is 12.9. The molecule has 2 aromatic heterocycles. The Bertz CT molecular complexity index is 524. The van der Waals surface area contributed by atoms with Gasteiger partial charge < -0.3 is 5.32 Å². The van der Waals surface area contributed by atoms with Crippen LogP contribution in [0.25, 0.3) is 0 Å². The molecule has 0 fully saturated rings. The molecular weight excluding hydrogens is 221 g/mol. The van der Waals surface area contributed by atoms with Crippen molar-refractivity contribution in [2.75, 3.05) is 5.32 Å². The van der Waals surface area contributed by atoms with Gasteiger partial charge in [0.2, 0.25) is 5.95 Å². The minimum absolute atomic E-state index is 0.221. The zero-order valence-corrected chi connectivity index (χ0v) is 9.17. The largest absolute Gasteiger partial charge is 0.365 e. The molecule has 0 bridgehead atoms. The van der Waals surface area contributed by atoms with Crippen molar-refractivity contribution in [1.29, 1.82) is 0 Å². The van der Waals surface area contributed by atoms with E-state index in [1.807, 2.05) is 4.68 Å². The molecule has 0 aromatic carbocycles. The molecule has 5 nitrogen and oxygen atoms in total. The van der Waals surface area contributed by atoms with Crippen molar-refractivity contribution in [3.05, 3.63) is 36.3 Å². The van der Waals surface area contributed by atoms with Gasteiger partial charge in [-0.15, -0.1) is 0 Å². The number of fused-ring (bicyclic) bond motifs is 1. The second kappa shape index (κ2) is 4.12. The molecule has 0 aliphatic carbocycles. The number of nitrogens with one attached hydrogen (secondary N) is 1. The second-order valence-corrected chi connectivity index (χ2v) is 4.08. The molecule has 1 aliphatic heterocycles. The van der Waals surface area contributed by atoms with Crippen molar-refractivity contribution >= 4 is 5.82 Å². The van der Waals surface area contributed by atoms with Crippen LogP contribution in [0.4, 0.5) is 10.2 Å². The van der Waals surface area contributed by atoms with Crippen molar-refractivity contribution in [2.24, 2.45) is 0 Å². The molecule has 2 aromatic rings. The fourth-order valence-corrected chi connectivity index (χ4v) is 2.05. The third-order valence-corrected chi connectivity index (χ3v) is 2.87. The molecule has 1 atom stereocenters. The summed E-state index contributed by atoms with van der Waals surface area (Å²) < 4.78 is 14.8. The van der Waals surface area contributed by atoms with Crippen LogP contribution in [0.2, 0.25) is 0 Å². The van der Waals surface area contributed by atoms with Gasteiger partial charge in [0, 0.05) is 12.5 Å². The Kier molecular flexibility index (Phi) is 2.47. The maximum Gasteiger partial charge on any atom is 0.214 e. The van der Waals surface area contributed by atoms with Gasteiger partial charge in [0.25, 0.3) is 0 Å². The van der Waals surface area contributed by atoms with E-state index >= 15 is 0 Å². The van der Waals surface area contributed by atoms with Gasteiger partial charge in [-0.3, -0.25) is 0 Å². The first-order valence-corrected chi connectivity index (χ1v) is 5.57. The van der Waals surface area contributed by atoms with Crippen LogP contribution in [0.3, 0.4) is 0 Å². The van der Waals surface area contributed by atoms with Crippen LogP contribution in [0.15, 0.2) is 24.5 Å². The topological polar surface area (TPSA) is 55.6 Å². The second-order valence-electron chi connectivity index (χ2n) is 4.08. The summed E-state index contributed by atoms with van der Waals surface area (Å²) >= 11 is 0.